The molecule has 0 spiro atoms. The second-order valence-electron chi connectivity index (χ2n) is 5.21. The first kappa shape index (κ1) is 15.8. The van der Waals surface area contributed by atoms with E-state index in [9.17, 15) is 0 Å². The molecule has 0 aliphatic carbocycles. The van der Waals surface area contributed by atoms with Crippen LogP contribution in [0.2, 0.25) is 0 Å². The molecule has 4 heteroatoms. The number of benzene rings is 3. The van der Waals surface area contributed by atoms with Crippen LogP contribution in [0.4, 0.5) is 0 Å². The molecule has 0 saturated heterocycles. The van der Waals surface area contributed by atoms with Crippen molar-refractivity contribution >= 4 is 59.0 Å². The van der Waals surface area contributed by atoms with Gasteiger partial charge in [-0.1, -0.05) is 107 Å². The largest absolute Gasteiger partial charge is 0.303 e. The van der Waals surface area contributed by atoms with Crippen molar-refractivity contribution in [1.82, 2.24) is 0 Å². The molecule has 108 valence electrons. The molecule has 0 aliphatic rings. The van der Waals surface area contributed by atoms with Gasteiger partial charge in [0.05, 0.1) is 0 Å². The van der Waals surface area contributed by atoms with Gasteiger partial charge in [0.25, 0.3) is 0 Å². The van der Waals surface area contributed by atoms with Gasteiger partial charge in [-0.05, 0) is 0 Å². The minimum atomic E-state index is -2.17. The maximum absolute atomic E-state index is 3.89. The first-order valence-corrected chi connectivity index (χ1v) is 11.1. The molecule has 0 radical (unpaired) electrons. The molecule has 0 saturated carbocycles. The van der Waals surface area contributed by atoms with Crippen molar-refractivity contribution in [2.45, 2.75) is 0 Å². The fourth-order valence-electron chi connectivity index (χ4n) is 2.98. The van der Waals surface area contributed by atoms with Gasteiger partial charge in [0, 0.05) is 0 Å². The van der Waals surface area contributed by atoms with Gasteiger partial charge in [0.1, 0.15) is 7.94 Å². The molecule has 3 aromatic rings. The van der Waals surface area contributed by atoms with Gasteiger partial charge in [0.15, 0.2) is 0 Å². The number of hydrogen-bond donors (Lipinski definition) is 0. The standard InChI is InChI=1S/C18H15BBr2Si/c20-19(21)22(16-10-4-1-5-11-16,17-12-6-2-7-13-17)18-14-8-3-9-15-18/h1-15H. The third-order valence-corrected chi connectivity index (χ3v) is 12.5. The third-order valence-electron chi connectivity index (χ3n) is 4.01. The van der Waals surface area contributed by atoms with Crippen molar-refractivity contribution in [1.29, 1.82) is 0 Å². The van der Waals surface area contributed by atoms with Crippen molar-refractivity contribution in [2.75, 3.05) is 0 Å². The van der Waals surface area contributed by atoms with E-state index in [1.54, 1.807) is 0 Å². The van der Waals surface area contributed by atoms with E-state index >= 15 is 0 Å². The summed E-state index contributed by atoms with van der Waals surface area (Å²) < 4.78 is 0.208. The number of halogens is 2. The van der Waals surface area contributed by atoms with Crippen molar-refractivity contribution in [2.24, 2.45) is 0 Å². The zero-order valence-electron chi connectivity index (χ0n) is 12.0. The van der Waals surface area contributed by atoms with Gasteiger partial charge >= 0.3 is 3.95 Å². The highest BCUT2D eigenvalue weighted by Crippen LogP contribution is 2.19. The highest BCUT2D eigenvalue weighted by Gasteiger charge is 2.46. The summed E-state index contributed by atoms with van der Waals surface area (Å²) in [4.78, 5) is 0. The lowest BCUT2D eigenvalue weighted by Crippen LogP contribution is -2.73. The lowest BCUT2D eigenvalue weighted by molar-refractivity contribution is 1.70. The van der Waals surface area contributed by atoms with Crippen LogP contribution in [0.25, 0.3) is 0 Å². The van der Waals surface area contributed by atoms with E-state index in [-0.39, 0.29) is 3.95 Å². The summed E-state index contributed by atoms with van der Waals surface area (Å²) in [5.74, 6) is 0. The van der Waals surface area contributed by atoms with E-state index in [1.165, 1.54) is 15.6 Å². The van der Waals surface area contributed by atoms with E-state index in [1.807, 2.05) is 0 Å². The maximum atomic E-state index is 3.89. The fraction of sp³-hybridized carbons (Fsp3) is 0. The van der Waals surface area contributed by atoms with E-state index in [2.05, 4.69) is 123 Å². The molecule has 0 bridgehead atoms. The van der Waals surface area contributed by atoms with Crippen molar-refractivity contribution < 1.29 is 0 Å². The molecule has 22 heavy (non-hydrogen) atoms. The number of hydrogen-bond acceptors (Lipinski definition) is 0. The Morgan fingerprint density at radius 2 is 0.773 bits per heavy atom. The Hall–Kier alpha value is -1.10. The highest BCUT2D eigenvalue weighted by molar-refractivity contribution is 9.51. The van der Waals surface area contributed by atoms with Gasteiger partial charge < -0.3 is 0 Å². The average molecular weight is 430 g/mol. The molecule has 0 aromatic heterocycles. The van der Waals surface area contributed by atoms with Crippen LogP contribution in [0.15, 0.2) is 91.0 Å². The minimum absolute atomic E-state index is 0.208. The summed E-state index contributed by atoms with van der Waals surface area (Å²) >= 11 is 7.77. The second-order valence-corrected chi connectivity index (χ2v) is 13.9. The molecule has 0 nitrogen and oxygen atoms in total. The Labute approximate surface area is 149 Å². The quantitative estimate of drug-likeness (QED) is 0.439. The predicted molar refractivity (Wildman–Crippen MR) is 108 cm³/mol. The van der Waals surface area contributed by atoms with Gasteiger partial charge in [-0.2, -0.15) is 0 Å². The van der Waals surface area contributed by atoms with Crippen LogP contribution >= 0.6 is 31.5 Å². The molecule has 0 N–H and O–H groups in total. The highest BCUT2D eigenvalue weighted by atomic mass is 79.9. The molecule has 0 aliphatic heterocycles. The Kier molecular flexibility index (Phi) is 5.01. The molecule has 0 atom stereocenters. The molecule has 0 heterocycles. The molecule has 3 rings (SSSR count). The van der Waals surface area contributed by atoms with Gasteiger partial charge in [-0.15, -0.1) is 31.5 Å². The summed E-state index contributed by atoms with van der Waals surface area (Å²) in [6, 6.07) is 32.5. The van der Waals surface area contributed by atoms with E-state index in [0.29, 0.717) is 0 Å². The predicted octanol–water partition coefficient (Wildman–Crippen LogP) is 3.51. The zero-order chi connectivity index (χ0) is 15.4. The van der Waals surface area contributed by atoms with Crippen molar-refractivity contribution in [3.05, 3.63) is 91.0 Å². The zero-order valence-corrected chi connectivity index (χ0v) is 16.2. The molecule has 0 unspecified atom stereocenters. The Balaban J connectivity index is 2.34. The van der Waals surface area contributed by atoms with E-state index in [0.717, 1.165) is 0 Å². The van der Waals surface area contributed by atoms with Crippen LogP contribution < -0.4 is 15.6 Å². The summed E-state index contributed by atoms with van der Waals surface area (Å²) in [5, 5.41) is 4.18. The molecular weight excluding hydrogens is 415 g/mol. The first-order valence-electron chi connectivity index (χ1n) is 7.21. The topological polar surface area (TPSA) is 0 Å². The van der Waals surface area contributed by atoms with Crippen LogP contribution in [0.3, 0.4) is 0 Å². The molecule has 0 fully saturated rings. The summed E-state index contributed by atoms with van der Waals surface area (Å²) in [6.45, 7) is 0. The Morgan fingerprint density at radius 1 is 0.500 bits per heavy atom. The second kappa shape index (κ2) is 6.99. The fourth-order valence-corrected chi connectivity index (χ4v) is 11.6. The molecular formula is C18H15BBr2Si. The van der Waals surface area contributed by atoms with Crippen molar-refractivity contribution in [3.63, 3.8) is 0 Å². The van der Waals surface area contributed by atoms with Crippen LogP contribution in [0, 0.1) is 0 Å². The van der Waals surface area contributed by atoms with Crippen LogP contribution in [0.1, 0.15) is 0 Å². The van der Waals surface area contributed by atoms with Gasteiger partial charge in [0.2, 0.25) is 0 Å². The third kappa shape index (κ3) is 2.75. The lowest BCUT2D eigenvalue weighted by atomic mass is 10.3. The van der Waals surface area contributed by atoms with Crippen molar-refractivity contribution in [3.8, 4) is 0 Å². The SMILES string of the molecule is BrB(Br)[Si](c1ccccc1)(c1ccccc1)c1ccccc1. The summed E-state index contributed by atoms with van der Waals surface area (Å²) in [6.07, 6.45) is 0. The molecule has 3 aromatic carbocycles. The summed E-state index contributed by atoms with van der Waals surface area (Å²) in [7, 11) is -2.17. The van der Waals surface area contributed by atoms with Gasteiger partial charge in [-0.25, -0.2) is 0 Å². The monoisotopic (exact) mass is 428 g/mol. The average Bonchev–Trinajstić information content (AvgIpc) is 2.58. The van der Waals surface area contributed by atoms with Gasteiger partial charge in [-0.3, -0.25) is 0 Å². The Bertz CT molecular complexity index is 621. The maximum Gasteiger partial charge on any atom is 0.303 e. The Morgan fingerprint density at radius 3 is 1.00 bits per heavy atom. The van der Waals surface area contributed by atoms with E-state index < -0.39 is 7.94 Å². The first-order chi connectivity index (χ1) is 10.8. The smallest absolute Gasteiger partial charge is 0.142 e. The minimum Gasteiger partial charge on any atom is -0.142 e. The lowest BCUT2D eigenvalue weighted by Gasteiger charge is -2.34. The molecule has 0 amide bonds. The van der Waals surface area contributed by atoms with Crippen LogP contribution in [-0.4, -0.2) is 11.9 Å². The van der Waals surface area contributed by atoms with Crippen LogP contribution in [0.5, 0.6) is 0 Å². The van der Waals surface area contributed by atoms with E-state index in [4.69, 9.17) is 0 Å². The summed E-state index contributed by atoms with van der Waals surface area (Å²) in [5.41, 5.74) is 0. The van der Waals surface area contributed by atoms with Crippen LogP contribution in [-0.2, 0) is 0 Å². The number of rotatable bonds is 4. The normalized spacial score (nSPS) is 11.2.